The fraction of sp³-hybridized carbons (Fsp3) is 0.431. The molecule has 0 aliphatic heterocycles. The third-order valence-electron chi connectivity index (χ3n) is 13.8. The number of aliphatic hydroxyl groups excluding tert-OH is 1. The van der Waals surface area contributed by atoms with Crippen LogP contribution in [0.2, 0.25) is 0 Å². The van der Waals surface area contributed by atoms with Crippen LogP contribution in [0.5, 0.6) is 0 Å². The van der Waals surface area contributed by atoms with Crippen LogP contribution in [0.15, 0.2) is 97.0 Å². The van der Waals surface area contributed by atoms with Crippen LogP contribution in [0.1, 0.15) is 158 Å². The van der Waals surface area contributed by atoms with E-state index in [0.717, 1.165) is 70.5 Å². The predicted molar refractivity (Wildman–Crippen MR) is 262 cm³/mol. The van der Waals surface area contributed by atoms with E-state index < -0.39 is 0 Å². The second-order valence-corrected chi connectivity index (χ2v) is 18.4. The minimum Gasteiger partial charge on any atom is -0.512 e. The van der Waals surface area contributed by atoms with Gasteiger partial charge in [-0.2, -0.15) is 0 Å². The minimum absolute atomic E-state index is 0. The number of carbonyl (C=O) groups excluding carboxylic acids is 1. The zero-order chi connectivity index (χ0) is 45.3. The first-order chi connectivity index (χ1) is 30.2. The Morgan fingerprint density at radius 2 is 1.17 bits per heavy atom. The summed E-state index contributed by atoms with van der Waals surface area (Å²) in [7, 11) is 0. The van der Waals surface area contributed by atoms with Gasteiger partial charge < -0.3 is 15.1 Å². The van der Waals surface area contributed by atoms with Crippen molar-refractivity contribution in [2.24, 2.45) is 11.3 Å². The first-order valence-corrected chi connectivity index (χ1v) is 23.5. The number of pyridine rings is 2. The summed E-state index contributed by atoms with van der Waals surface area (Å²) in [6.07, 6.45) is 17.8. The molecule has 8 rings (SSSR count). The third kappa shape index (κ3) is 12.4. The normalized spacial score (nSPS) is 14.8. The summed E-state index contributed by atoms with van der Waals surface area (Å²) >= 11 is 0. The van der Waals surface area contributed by atoms with Crippen LogP contribution in [0.4, 0.5) is 0 Å². The number of aryl methyl sites for hydroxylation is 4. The Labute approximate surface area is 394 Å². The summed E-state index contributed by atoms with van der Waals surface area (Å²) in [6.45, 7) is 18.5. The maximum atomic E-state index is 11.9. The van der Waals surface area contributed by atoms with Crippen molar-refractivity contribution in [2.75, 3.05) is 0 Å². The molecule has 2 aromatic heterocycles. The monoisotopic (exact) mass is 1020 g/mol. The molecule has 0 bridgehead atoms. The van der Waals surface area contributed by atoms with Crippen molar-refractivity contribution in [3.05, 3.63) is 143 Å². The number of benzene rings is 4. The molecule has 2 aliphatic rings. The molecular formula is C58H70IrN2O2-2. The Kier molecular flexibility index (Phi) is 17.5. The smallest absolute Gasteiger partial charge is 0.162 e. The van der Waals surface area contributed by atoms with Gasteiger partial charge in [0.25, 0.3) is 0 Å². The van der Waals surface area contributed by atoms with E-state index in [4.69, 9.17) is 1.37 Å². The number of aromatic nitrogens is 2. The van der Waals surface area contributed by atoms with Gasteiger partial charge in [-0.15, -0.1) is 69.8 Å². The Bertz CT molecular complexity index is 2500. The molecule has 2 fully saturated rings. The van der Waals surface area contributed by atoms with Gasteiger partial charge in [0.2, 0.25) is 0 Å². The maximum Gasteiger partial charge on any atom is 0.162 e. The zero-order valence-corrected chi connectivity index (χ0v) is 41.8. The maximum absolute atomic E-state index is 11.9. The number of allylic oxidation sites excluding steroid dienone is 2. The van der Waals surface area contributed by atoms with Gasteiger partial charge in [0.15, 0.2) is 5.78 Å². The second kappa shape index (κ2) is 23.0. The number of nitrogens with zero attached hydrogens (tertiary/aromatic N) is 2. The molecule has 335 valence electrons. The van der Waals surface area contributed by atoms with Crippen LogP contribution in [0, 0.1) is 51.2 Å². The first kappa shape index (κ1) is 48.0. The molecule has 4 aromatic carbocycles. The summed E-state index contributed by atoms with van der Waals surface area (Å²) in [5, 5.41) is 14.8. The average molecular weight is 1020 g/mol. The molecule has 1 radical (unpaired) electrons. The van der Waals surface area contributed by atoms with E-state index >= 15 is 0 Å². The summed E-state index contributed by atoms with van der Waals surface area (Å²) in [5.41, 5.74) is 11.4. The van der Waals surface area contributed by atoms with Crippen LogP contribution >= 0.6 is 0 Å². The molecule has 2 heterocycles. The molecular weight excluding hydrogens is 949 g/mol. The standard InChI is InChI=1S/2C22H22N.C14H26O2.Ir/c2*1-15-11-16(2)13-20(12-15)22-21-8-7-18(17-5-3-4-6-17)14-19(21)9-10-23-22;1-6-11(7-2)12(15)10-13(16)14(5,8-3)9-4;/h2*7-12,14,17H,3-6H2,1-2H3;10-11,16H,6-9H2,1-5H3;/q2*-1;;/b;;13-10-;/i10D;;;. The number of ketones is 1. The van der Waals surface area contributed by atoms with Gasteiger partial charge >= 0.3 is 0 Å². The van der Waals surface area contributed by atoms with Gasteiger partial charge in [-0.05, 0) is 119 Å². The summed E-state index contributed by atoms with van der Waals surface area (Å²) in [5.74, 6) is 1.81. The van der Waals surface area contributed by atoms with E-state index in [1.165, 1.54) is 96.0 Å². The number of fused-ring (bicyclic) bond motifs is 2. The van der Waals surface area contributed by atoms with Crippen LogP contribution in [-0.2, 0) is 24.9 Å². The Hall–Kier alpha value is -4.44. The third-order valence-corrected chi connectivity index (χ3v) is 13.8. The average Bonchev–Trinajstić information content (AvgIpc) is 4.02. The van der Waals surface area contributed by atoms with E-state index in [0.29, 0.717) is 12.1 Å². The van der Waals surface area contributed by atoms with Crippen molar-refractivity contribution < 1.29 is 31.4 Å². The predicted octanol–water partition coefficient (Wildman–Crippen LogP) is 16.2. The van der Waals surface area contributed by atoms with Crippen molar-refractivity contribution in [1.29, 1.82) is 0 Å². The van der Waals surface area contributed by atoms with Crippen molar-refractivity contribution in [1.82, 2.24) is 9.97 Å². The number of rotatable bonds is 11. The molecule has 6 aromatic rings. The van der Waals surface area contributed by atoms with Gasteiger partial charge in [0, 0.05) is 49.9 Å². The molecule has 0 spiro atoms. The number of hydrogen-bond donors (Lipinski definition) is 1. The van der Waals surface area contributed by atoms with Crippen molar-refractivity contribution in [2.45, 2.75) is 151 Å². The van der Waals surface area contributed by atoms with Crippen molar-refractivity contribution in [3.63, 3.8) is 0 Å². The fourth-order valence-corrected chi connectivity index (χ4v) is 9.56. The molecule has 0 saturated heterocycles. The van der Waals surface area contributed by atoms with Crippen molar-refractivity contribution in [3.8, 4) is 22.5 Å². The second-order valence-electron chi connectivity index (χ2n) is 18.4. The van der Waals surface area contributed by atoms with E-state index in [9.17, 15) is 9.90 Å². The molecule has 0 atom stereocenters. The van der Waals surface area contributed by atoms with Gasteiger partial charge in [0.05, 0.1) is 1.37 Å². The molecule has 0 unspecified atom stereocenters. The van der Waals surface area contributed by atoms with Gasteiger partial charge in [-0.25, -0.2) is 0 Å². The molecule has 0 amide bonds. The number of hydrogen-bond acceptors (Lipinski definition) is 4. The molecule has 2 saturated carbocycles. The Morgan fingerprint density at radius 1 is 0.714 bits per heavy atom. The Balaban J connectivity index is 0.000000184. The molecule has 4 nitrogen and oxygen atoms in total. The van der Waals surface area contributed by atoms with Crippen LogP contribution in [-0.4, -0.2) is 20.9 Å². The zero-order valence-electron chi connectivity index (χ0n) is 40.4. The number of aliphatic hydroxyl groups is 1. The fourth-order valence-electron chi connectivity index (χ4n) is 9.56. The molecule has 63 heavy (non-hydrogen) atoms. The van der Waals surface area contributed by atoms with E-state index in [1.54, 1.807) is 0 Å². The summed E-state index contributed by atoms with van der Waals surface area (Å²) < 4.78 is 8.13. The van der Waals surface area contributed by atoms with Crippen LogP contribution < -0.4 is 0 Å². The molecule has 2 aliphatic carbocycles. The SMILES string of the molecule is CCC(CC)C(=O)/C=C(\O)C(C)(CC)CC.Cc1[c-]c(-c2nccc3cc(C4CCCC4)ccc23)cc(C)c1.[2H]c1cc2cc(C3CCCC3)ccc2c(-c2[c-]c(C)cc(C)c2)n1.[Ir]. The summed E-state index contributed by atoms with van der Waals surface area (Å²) in [6, 6.07) is 33.1. The van der Waals surface area contributed by atoms with Crippen LogP contribution in [0.25, 0.3) is 44.1 Å². The van der Waals surface area contributed by atoms with Gasteiger partial charge in [-0.1, -0.05) is 124 Å². The van der Waals surface area contributed by atoms with Gasteiger partial charge in [0.1, 0.15) is 5.76 Å². The number of carbonyl (C=O) groups is 1. The first-order valence-electron chi connectivity index (χ1n) is 24.0. The van der Waals surface area contributed by atoms with Gasteiger partial charge in [-0.3, -0.25) is 4.79 Å². The Morgan fingerprint density at radius 3 is 1.62 bits per heavy atom. The largest absolute Gasteiger partial charge is 0.512 e. The summed E-state index contributed by atoms with van der Waals surface area (Å²) in [4.78, 5) is 21.0. The quantitative estimate of drug-likeness (QED) is 0.0798. The van der Waals surface area contributed by atoms with E-state index in [1.807, 2.05) is 46.9 Å². The topological polar surface area (TPSA) is 63.1 Å². The molecule has 1 N–H and O–H groups in total. The van der Waals surface area contributed by atoms with E-state index in [2.05, 4.69) is 117 Å². The minimum atomic E-state index is -0.248. The van der Waals surface area contributed by atoms with Crippen molar-refractivity contribution >= 4 is 27.3 Å². The molecule has 5 heteroatoms. The van der Waals surface area contributed by atoms with Crippen LogP contribution in [0.3, 0.4) is 0 Å². The van der Waals surface area contributed by atoms with E-state index in [-0.39, 0.29) is 43.0 Å².